The van der Waals surface area contributed by atoms with Crippen LogP contribution in [0.25, 0.3) is 27.4 Å². The van der Waals surface area contributed by atoms with E-state index in [-0.39, 0.29) is 11.5 Å². The minimum absolute atomic E-state index is 0.149. The third-order valence-corrected chi connectivity index (χ3v) is 7.62. The van der Waals surface area contributed by atoms with E-state index < -0.39 is 11.6 Å². The van der Waals surface area contributed by atoms with Crippen molar-refractivity contribution in [2.24, 2.45) is 0 Å². The molecule has 1 aliphatic heterocycles. The highest BCUT2D eigenvalue weighted by Gasteiger charge is 2.24. The fourth-order valence-electron chi connectivity index (χ4n) is 4.62. The summed E-state index contributed by atoms with van der Waals surface area (Å²) in [7, 11) is 0. The van der Waals surface area contributed by atoms with Crippen LogP contribution in [0.3, 0.4) is 0 Å². The number of thiazole rings is 1. The molecule has 7 heteroatoms. The molecule has 1 saturated heterocycles. The van der Waals surface area contributed by atoms with Crippen LogP contribution in [0.4, 0.5) is 8.78 Å². The van der Waals surface area contributed by atoms with E-state index in [0.29, 0.717) is 16.1 Å². The van der Waals surface area contributed by atoms with Crippen LogP contribution in [0.2, 0.25) is 0 Å². The van der Waals surface area contributed by atoms with Crippen molar-refractivity contribution in [2.45, 2.75) is 32.6 Å². The first kappa shape index (κ1) is 22.6. The first-order valence-corrected chi connectivity index (χ1v) is 12.2. The van der Waals surface area contributed by atoms with E-state index in [0.717, 1.165) is 59.4 Å². The molecular weight excluding hydrogens is 452 g/mol. The van der Waals surface area contributed by atoms with Gasteiger partial charge in [-0.15, -0.1) is 11.3 Å². The molecule has 1 N–H and O–H groups in total. The van der Waals surface area contributed by atoms with Gasteiger partial charge in [0.05, 0.1) is 21.3 Å². The maximum Gasteiger partial charge on any atom is 0.255 e. The fourth-order valence-corrected chi connectivity index (χ4v) is 5.90. The van der Waals surface area contributed by atoms with Gasteiger partial charge >= 0.3 is 0 Å². The van der Waals surface area contributed by atoms with Gasteiger partial charge in [-0.3, -0.25) is 9.36 Å². The van der Waals surface area contributed by atoms with Crippen molar-refractivity contribution in [3.63, 3.8) is 0 Å². The van der Waals surface area contributed by atoms with Gasteiger partial charge < -0.3 is 5.32 Å². The summed E-state index contributed by atoms with van der Waals surface area (Å²) in [4.78, 5) is 18.5. The Morgan fingerprint density at radius 1 is 1.03 bits per heavy atom. The lowest BCUT2D eigenvalue weighted by Crippen LogP contribution is -2.26. The lowest BCUT2D eigenvalue weighted by Gasteiger charge is -2.20. The molecule has 174 valence electrons. The minimum atomic E-state index is -0.621. The first-order valence-electron chi connectivity index (χ1n) is 11.4. The van der Waals surface area contributed by atoms with Crippen molar-refractivity contribution < 1.29 is 8.78 Å². The summed E-state index contributed by atoms with van der Waals surface area (Å²) in [6, 6.07) is 12.8. The normalized spacial score (nSPS) is 14.5. The Kier molecular flexibility index (Phi) is 6.15. The molecule has 0 spiro atoms. The van der Waals surface area contributed by atoms with E-state index >= 15 is 0 Å². The maximum atomic E-state index is 14.9. The molecule has 1 fully saturated rings. The number of aromatic nitrogens is 2. The number of hydrogen-bond acceptors (Lipinski definition) is 4. The maximum absolute atomic E-state index is 14.9. The predicted octanol–water partition coefficient (Wildman–Crippen LogP) is 5.99. The van der Waals surface area contributed by atoms with Crippen molar-refractivity contribution in [3.05, 3.63) is 92.9 Å². The van der Waals surface area contributed by atoms with Crippen molar-refractivity contribution in [3.8, 4) is 27.4 Å². The van der Waals surface area contributed by atoms with Crippen molar-refractivity contribution in [1.82, 2.24) is 14.9 Å². The second-order valence-electron chi connectivity index (χ2n) is 8.74. The first-order chi connectivity index (χ1) is 16.4. The zero-order chi connectivity index (χ0) is 23.8. The number of aryl methyl sites for hydroxylation is 2. The van der Waals surface area contributed by atoms with Gasteiger partial charge in [-0.1, -0.05) is 18.2 Å². The zero-order valence-corrected chi connectivity index (χ0v) is 19.9. The zero-order valence-electron chi connectivity index (χ0n) is 19.1. The molecule has 0 saturated carbocycles. The highest BCUT2D eigenvalue weighted by molar-refractivity contribution is 7.15. The Labute approximate surface area is 200 Å². The number of nitrogens with zero attached hydrogens (tertiary/aromatic N) is 2. The van der Waals surface area contributed by atoms with E-state index in [1.54, 1.807) is 16.8 Å². The van der Waals surface area contributed by atoms with Gasteiger partial charge in [0.2, 0.25) is 0 Å². The summed E-state index contributed by atoms with van der Waals surface area (Å²) in [6.45, 7) is 5.77. The molecule has 2 aromatic heterocycles. The molecule has 0 unspecified atom stereocenters. The van der Waals surface area contributed by atoms with Crippen LogP contribution < -0.4 is 10.9 Å². The summed E-state index contributed by atoms with van der Waals surface area (Å²) in [5.41, 5.74) is 4.30. The number of rotatable bonds is 4. The fraction of sp³-hybridized carbons (Fsp3) is 0.259. The van der Waals surface area contributed by atoms with Crippen LogP contribution in [0, 0.1) is 25.5 Å². The quantitative estimate of drug-likeness (QED) is 0.393. The molecular formula is C27H25F2N3OS. The van der Waals surface area contributed by atoms with Gasteiger partial charge in [-0.05, 0) is 69.1 Å². The van der Waals surface area contributed by atoms with Crippen molar-refractivity contribution in [2.75, 3.05) is 13.1 Å². The van der Waals surface area contributed by atoms with Crippen LogP contribution in [0.15, 0.2) is 59.5 Å². The third-order valence-electron chi connectivity index (χ3n) is 6.37. The van der Waals surface area contributed by atoms with Crippen LogP contribution >= 0.6 is 11.3 Å². The van der Waals surface area contributed by atoms with Crippen LogP contribution in [0.1, 0.15) is 34.9 Å². The SMILES string of the molecule is Cc1cccc(C)c1-n1cc(-c2nc(C3CCNCC3)sc2-c2ccc(F)cc2F)ccc1=O. The summed E-state index contributed by atoms with van der Waals surface area (Å²) in [5, 5.41) is 4.31. The number of hydrogen-bond donors (Lipinski definition) is 1. The summed E-state index contributed by atoms with van der Waals surface area (Å²) in [5.74, 6) is -0.953. The molecule has 0 atom stereocenters. The Bertz CT molecular complexity index is 1400. The standard InChI is InChI=1S/C27H25F2N3OS/c1-16-4-3-5-17(2)25(16)32-15-19(6-9-23(32)33)24-26(21-8-7-20(28)14-22(21)29)34-27(31-24)18-10-12-30-13-11-18/h3-9,14-15,18,30H,10-13H2,1-2H3. The number of pyridine rings is 1. The van der Waals surface area contributed by atoms with Gasteiger partial charge in [0.25, 0.3) is 5.56 Å². The largest absolute Gasteiger partial charge is 0.317 e. The highest BCUT2D eigenvalue weighted by Crippen LogP contribution is 2.42. The van der Waals surface area contributed by atoms with Gasteiger partial charge in [0.15, 0.2) is 0 Å². The molecule has 4 nitrogen and oxygen atoms in total. The van der Waals surface area contributed by atoms with Crippen LogP contribution in [-0.2, 0) is 0 Å². The van der Waals surface area contributed by atoms with E-state index in [9.17, 15) is 13.6 Å². The smallest absolute Gasteiger partial charge is 0.255 e. The van der Waals surface area contributed by atoms with Gasteiger partial charge in [-0.2, -0.15) is 0 Å². The molecule has 3 heterocycles. The Balaban J connectivity index is 1.70. The number of piperidine rings is 1. The van der Waals surface area contributed by atoms with Gasteiger partial charge in [-0.25, -0.2) is 13.8 Å². The molecule has 4 aromatic rings. The molecule has 0 aliphatic carbocycles. The van der Waals surface area contributed by atoms with Gasteiger partial charge in [0.1, 0.15) is 11.6 Å². The number of halogens is 2. The van der Waals surface area contributed by atoms with E-state index in [1.165, 1.54) is 29.5 Å². The van der Waals surface area contributed by atoms with Crippen molar-refractivity contribution >= 4 is 11.3 Å². The molecule has 34 heavy (non-hydrogen) atoms. The van der Waals surface area contributed by atoms with Gasteiger partial charge in [0, 0.05) is 35.4 Å². The Morgan fingerprint density at radius 2 is 1.76 bits per heavy atom. The lowest BCUT2D eigenvalue weighted by molar-refractivity contribution is 0.459. The Morgan fingerprint density at radius 3 is 2.47 bits per heavy atom. The van der Waals surface area contributed by atoms with Crippen LogP contribution in [0.5, 0.6) is 0 Å². The predicted molar refractivity (Wildman–Crippen MR) is 133 cm³/mol. The molecule has 1 aliphatic rings. The summed E-state index contributed by atoms with van der Waals surface area (Å²) >= 11 is 1.46. The average Bonchev–Trinajstić information content (AvgIpc) is 3.26. The third kappa shape index (κ3) is 4.21. The topological polar surface area (TPSA) is 46.9 Å². The Hall–Kier alpha value is -3.16. The minimum Gasteiger partial charge on any atom is -0.317 e. The summed E-state index contributed by atoms with van der Waals surface area (Å²) < 4.78 is 30.2. The van der Waals surface area contributed by atoms with E-state index in [1.807, 2.05) is 32.0 Å². The number of nitrogens with one attached hydrogen (secondary N) is 1. The van der Waals surface area contributed by atoms with E-state index in [2.05, 4.69) is 5.32 Å². The second kappa shape index (κ2) is 9.24. The lowest BCUT2D eigenvalue weighted by atomic mass is 9.99. The van der Waals surface area contributed by atoms with Crippen LogP contribution in [-0.4, -0.2) is 22.6 Å². The average molecular weight is 478 g/mol. The van der Waals surface area contributed by atoms with Crippen molar-refractivity contribution in [1.29, 1.82) is 0 Å². The summed E-state index contributed by atoms with van der Waals surface area (Å²) in [6.07, 6.45) is 3.70. The highest BCUT2D eigenvalue weighted by atomic mass is 32.1. The monoisotopic (exact) mass is 477 g/mol. The molecule has 5 rings (SSSR count). The number of benzene rings is 2. The molecule has 0 radical (unpaired) electrons. The molecule has 0 amide bonds. The molecule has 0 bridgehead atoms. The molecule has 2 aromatic carbocycles. The second-order valence-corrected chi connectivity index (χ2v) is 9.78. The number of para-hydroxylation sites is 1. The van der Waals surface area contributed by atoms with E-state index in [4.69, 9.17) is 4.98 Å².